The first-order valence-electron chi connectivity index (χ1n) is 3.05. The molecule has 0 fully saturated rings. The summed E-state index contributed by atoms with van der Waals surface area (Å²) in [6, 6.07) is 0.810. The zero-order chi connectivity index (χ0) is 10.0. The molecule has 1 N–H and O–H groups in total. The number of hydrogen-bond acceptors (Lipinski definition) is 4. The summed E-state index contributed by atoms with van der Waals surface area (Å²) in [5.41, 5.74) is -0.870. The van der Waals surface area contributed by atoms with Gasteiger partial charge in [-0.2, -0.15) is 0 Å². The van der Waals surface area contributed by atoms with Gasteiger partial charge >= 0.3 is 5.97 Å². The Hall–Kier alpha value is -1.69. The van der Waals surface area contributed by atoms with Crippen LogP contribution in [0.1, 0.15) is 10.5 Å². The Labute approximate surface area is 76.9 Å². The van der Waals surface area contributed by atoms with Crippen molar-refractivity contribution in [3.63, 3.8) is 0 Å². The van der Waals surface area contributed by atoms with Crippen LogP contribution in [0.4, 0.5) is 5.69 Å². The van der Waals surface area contributed by atoms with Gasteiger partial charge in [0.05, 0.1) is 17.2 Å². The molecule has 0 radical (unpaired) electrons. The van der Waals surface area contributed by atoms with E-state index >= 15 is 0 Å². The Morgan fingerprint density at radius 1 is 1.69 bits per heavy atom. The van der Waals surface area contributed by atoms with Gasteiger partial charge in [-0.3, -0.25) is 10.1 Å². The molecular formula is C6H3ClN2O4. The van der Waals surface area contributed by atoms with Crippen LogP contribution in [0, 0.1) is 10.1 Å². The molecular weight excluding hydrogens is 200 g/mol. The maximum Gasteiger partial charge on any atom is 0.354 e. The molecule has 0 amide bonds. The lowest BCUT2D eigenvalue weighted by atomic mass is 10.3. The van der Waals surface area contributed by atoms with Crippen LogP contribution in [-0.2, 0) is 0 Å². The normalized spacial score (nSPS) is 9.62. The van der Waals surface area contributed by atoms with E-state index in [9.17, 15) is 14.9 Å². The highest BCUT2D eigenvalue weighted by Crippen LogP contribution is 2.23. The van der Waals surface area contributed by atoms with E-state index in [1.54, 1.807) is 0 Å². The quantitative estimate of drug-likeness (QED) is 0.577. The molecule has 0 aliphatic rings. The molecule has 1 aromatic rings. The first-order chi connectivity index (χ1) is 6.02. The van der Waals surface area contributed by atoms with E-state index in [4.69, 9.17) is 16.7 Å². The number of aromatic nitrogens is 1. The largest absolute Gasteiger partial charge is 0.477 e. The predicted octanol–water partition coefficient (Wildman–Crippen LogP) is 1.34. The van der Waals surface area contributed by atoms with E-state index in [2.05, 4.69) is 4.98 Å². The molecule has 0 unspecified atom stereocenters. The molecule has 7 heteroatoms. The van der Waals surface area contributed by atoms with Gasteiger partial charge in [0, 0.05) is 0 Å². The molecule has 0 aliphatic carbocycles. The van der Waals surface area contributed by atoms with E-state index < -0.39 is 22.3 Å². The van der Waals surface area contributed by atoms with Gasteiger partial charge in [-0.25, -0.2) is 9.78 Å². The number of halogens is 1. The smallest absolute Gasteiger partial charge is 0.354 e. The van der Waals surface area contributed by atoms with Crippen LogP contribution in [0.5, 0.6) is 0 Å². The number of pyridine rings is 1. The third kappa shape index (κ3) is 1.91. The summed E-state index contributed by atoms with van der Waals surface area (Å²) in [7, 11) is 0. The van der Waals surface area contributed by atoms with E-state index in [1.165, 1.54) is 0 Å². The molecule has 1 rings (SSSR count). The van der Waals surface area contributed by atoms with Gasteiger partial charge in [-0.05, 0) is 0 Å². The highest BCUT2D eigenvalue weighted by molar-refractivity contribution is 6.32. The highest BCUT2D eigenvalue weighted by Gasteiger charge is 2.16. The summed E-state index contributed by atoms with van der Waals surface area (Å²) in [4.78, 5) is 23.3. The van der Waals surface area contributed by atoms with Gasteiger partial charge in [0.15, 0.2) is 5.69 Å². The minimum atomic E-state index is -1.33. The third-order valence-electron chi connectivity index (χ3n) is 1.25. The number of carboxylic acid groups (broad SMARTS) is 1. The lowest BCUT2D eigenvalue weighted by molar-refractivity contribution is -0.384. The zero-order valence-corrected chi connectivity index (χ0v) is 6.85. The average Bonchev–Trinajstić information content (AvgIpc) is 2.04. The number of aromatic carboxylic acids is 1. The van der Waals surface area contributed by atoms with Crippen LogP contribution >= 0.6 is 11.6 Å². The lowest BCUT2D eigenvalue weighted by Crippen LogP contribution is -2.01. The molecule has 0 bridgehead atoms. The summed E-state index contributed by atoms with van der Waals surface area (Å²) >= 11 is 5.40. The van der Waals surface area contributed by atoms with Crippen molar-refractivity contribution in [2.75, 3.05) is 0 Å². The summed E-state index contributed by atoms with van der Waals surface area (Å²) in [6.45, 7) is 0. The number of carboxylic acids is 1. The topological polar surface area (TPSA) is 93.3 Å². The molecule has 0 atom stereocenters. The number of rotatable bonds is 2. The second kappa shape index (κ2) is 3.36. The first-order valence-corrected chi connectivity index (χ1v) is 3.43. The summed E-state index contributed by atoms with van der Waals surface area (Å²) in [5, 5.41) is 18.6. The Morgan fingerprint density at radius 2 is 2.31 bits per heavy atom. The van der Waals surface area contributed by atoms with Crippen molar-refractivity contribution in [3.8, 4) is 0 Å². The lowest BCUT2D eigenvalue weighted by Gasteiger charge is -1.95. The van der Waals surface area contributed by atoms with Crippen LogP contribution < -0.4 is 0 Å². The second-order valence-electron chi connectivity index (χ2n) is 2.08. The Balaban J connectivity index is 3.27. The molecule has 0 aliphatic heterocycles. The van der Waals surface area contributed by atoms with Gasteiger partial charge in [-0.15, -0.1) is 0 Å². The maximum atomic E-state index is 10.4. The minimum Gasteiger partial charge on any atom is -0.477 e. The average molecular weight is 203 g/mol. The Bertz CT molecular complexity index is 379. The standard InChI is InChI=1S/C6H3ClN2O4/c7-3-2-8-4(6(10)11)1-5(3)9(12)13/h1-2H,(H,10,11). The fourth-order valence-electron chi connectivity index (χ4n) is 0.685. The highest BCUT2D eigenvalue weighted by atomic mass is 35.5. The number of nitro groups is 1. The monoisotopic (exact) mass is 202 g/mol. The van der Waals surface area contributed by atoms with E-state index in [0.717, 1.165) is 12.3 Å². The van der Waals surface area contributed by atoms with Gasteiger partial charge in [-0.1, -0.05) is 11.6 Å². The number of carbonyl (C=O) groups is 1. The van der Waals surface area contributed by atoms with Crippen LogP contribution in [0.3, 0.4) is 0 Å². The van der Waals surface area contributed by atoms with Crippen molar-refractivity contribution in [3.05, 3.63) is 33.1 Å². The van der Waals surface area contributed by atoms with Gasteiger partial charge in [0.2, 0.25) is 0 Å². The first kappa shape index (κ1) is 9.40. The fourth-order valence-corrected chi connectivity index (χ4v) is 0.857. The maximum absolute atomic E-state index is 10.4. The molecule has 1 heterocycles. The summed E-state index contributed by atoms with van der Waals surface area (Å²) in [5.74, 6) is -1.33. The molecule has 0 aromatic carbocycles. The van der Waals surface area contributed by atoms with Gasteiger partial charge in [0.25, 0.3) is 5.69 Å². The Morgan fingerprint density at radius 3 is 2.77 bits per heavy atom. The number of nitrogens with zero attached hydrogens (tertiary/aromatic N) is 2. The SMILES string of the molecule is O=C(O)c1cc([N+](=O)[O-])c(Cl)cn1. The predicted molar refractivity (Wildman–Crippen MR) is 42.9 cm³/mol. The minimum absolute atomic E-state index is 0.185. The van der Waals surface area contributed by atoms with Crippen LogP contribution in [0.15, 0.2) is 12.3 Å². The van der Waals surface area contributed by atoms with Crippen molar-refractivity contribution in [2.24, 2.45) is 0 Å². The molecule has 1 aromatic heterocycles. The number of hydrogen-bond donors (Lipinski definition) is 1. The molecule has 68 valence electrons. The van der Waals surface area contributed by atoms with Gasteiger partial charge in [0.1, 0.15) is 5.02 Å². The van der Waals surface area contributed by atoms with Crippen molar-refractivity contribution in [1.82, 2.24) is 4.98 Å². The summed E-state index contributed by atoms with van der Waals surface area (Å²) < 4.78 is 0. The van der Waals surface area contributed by atoms with Crippen LogP contribution in [0.25, 0.3) is 0 Å². The van der Waals surface area contributed by atoms with E-state index in [-0.39, 0.29) is 5.02 Å². The van der Waals surface area contributed by atoms with Crippen LogP contribution in [0.2, 0.25) is 5.02 Å². The zero-order valence-electron chi connectivity index (χ0n) is 6.10. The van der Waals surface area contributed by atoms with Crippen molar-refractivity contribution in [1.29, 1.82) is 0 Å². The van der Waals surface area contributed by atoms with E-state index in [1.807, 2.05) is 0 Å². The molecule has 6 nitrogen and oxygen atoms in total. The third-order valence-corrected chi connectivity index (χ3v) is 1.54. The van der Waals surface area contributed by atoms with Crippen LogP contribution in [-0.4, -0.2) is 21.0 Å². The van der Waals surface area contributed by atoms with Gasteiger partial charge < -0.3 is 5.11 Å². The van der Waals surface area contributed by atoms with E-state index in [0.29, 0.717) is 0 Å². The molecule has 0 saturated carbocycles. The van der Waals surface area contributed by atoms with Crippen molar-refractivity contribution < 1.29 is 14.8 Å². The fraction of sp³-hybridized carbons (Fsp3) is 0. The molecule has 0 spiro atoms. The molecule has 13 heavy (non-hydrogen) atoms. The second-order valence-corrected chi connectivity index (χ2v) is 2.49. The Kier molecular flexibility index (Phi) is 2.43. The van der Waals surface area contributed by atoms with Crippen molar-refractivity contribution in [2.45, 2.75) is 0 Å². The van der Waals surface area contributed by atoms with Crippen molar-refractivity contribution >= 4 is 23.3 Å². The summed E-state index contributed by atoms with van der Waals surface area (Å²) in [6.07, 6.45) is 0.934. The molecule has 0 saturated heterocycles.